The average molecular weight is 178 g/mol. The van der Waals surface area contributed by atoms with Crippen LogP contribution >= 0.6 is 0 Å². The Hall–Kier alpha value is -1.77. The van der Waals surface area contributed by atoms with Gasteiger partial charge in [0.25, 0.3) is 0 Å². The molecule has 0 saturated carbocycles. The Morgan fingerprint density at radius 2 is 2.00 bits per heavy atom. The number of allylic oxidation sites excluding steroid dienone is 1. The molecule has 1 rings (SSSR count). The third-order valence-corrected chi connectivity index (χ3v) is 1.70. The van der Waals surface area contributed by atoms with E-state index in [0.717, 1.165) is 6.26 Å². The molecule has 0 bridgehead atoms. The number of para-hydroxylation sites is 1. The molecule has 1 aromatic rings. The van der Waals surface area contributed by atoms with Crippen molar-refractivity contribution >= 4 is 5.78 Å². The molecular weight excluding hydrogens is 168 g/mol. The van der Waals surface area contributed by atoms with Crippen LogP contribution in [0.3, 0.4) is 0 Å². The number of carbonyl (C=O) groups excluding carboxylic acids is 1. The summed E-state index contributed by atoms with van der Waals surface area (Å²) >= 11 is 0. The Balaban J connectivity index is 3.10. The predicted octanol–water partition coefficient (Wildman–Crippen LogP) is 2.04. The fourth-order valence-corrected chi connectivity index (χ4v) is 0.937. The highest BCUT2D eigenvalue weighted by atomic mass is 16.3. The zero-order valence-electron chi connectivity index (χ0n) is 7.19. The fraction of sp³-hybridized carbons (Fsp3) is 0.100. The van der Waals surface area contributed by atoms with Gasteiger partial charge in [-0.1, -0.05) is 12.1 Å². The molecule has 2 N–H and O–H groups in total. The molecule has 0 heterocycles. The first-order valence-corrected chi connectivity index (χ1v) is 3.80. The van der Waals surface area contributed by atoms with Crippen LogP contribution < -0.4 is 0 Å². The lowest BCUT2D eigenvalue weighted by atomic mass is 10.1. The molecule has 1 aromatic carbocycles. The zero-order chi connectivity index (χ0) is 9.84. The molecule has 3 nitrogen and oxygen atoms in total. The van der Waals surface area contributed by atoms with Gasteiger partial charge in [-0.3, -0.25) is 4.79 Å². The first-order valence-electron chi connectivity index (χ1n) is 3.80. The molecule has 0 amide bonds. The highest BCUT2D eigenvalue weighted by molar-refractivity contribution is 6.09. The van der Waals surface area contributed by atoms with Gasteiger partial charge in [-0.25, -0.2) is 0 Å². The largest absolute Gasteiger partial charge is 0.515 e. The first-order chi connectivity index (χ1) is 6.16. The maximum atomic E-state index is 11.4. The van der Waals surface area contributed by atoms with Crippen molar-refractivity contribution < 1.29 is 15.0 Å². The second kappa shape index (κ2) is 3.76. The molecule has 0 aliphatic heterocycles. The minimum atomic E-state index is -0.374. The molecule has 0 atom stereocenters. The van der Waals surface area contributed by atoms with Crippen molar-refractivity contribution in [2.24, 2.45) is 0 Å². The predicted molar refractivity (Wildman–Crippen MR) is 48.8 cm³/mol. The van der Waals surface area contributed by atoms with Crippen LogP contribution in [0.2, 0.25) is 0 Å². The smallest absolute Gasteiger partial charge is 0.195 e. The lowest BCUT2D eigenvalue weighted by Crippen LogP contribution is -2.00. The Bertz CT molecular complexity index is 353. The van der Waals surface area contributed by atoms with Gasteiger partial charge in [-0.15, -0.1) is 0 Å². The number of carbonyl (C=O) groups is 1. The SMILES string of the molecule is C/C(=C/O)C(=O)c1ccccc1O. The minimum Gasteiger partial charge on any atom is -0.515 e. The van der Waals surface area contributed by atoms with E-state index in [2.05, 4.69) is 0 Å². The van der Waals surface area contributed by atoms with Gasteiger partial charge in [0, 0.05) is 5.57 Å². The van der Waals surface area contributed by atoms with Gasteiger partial charge >= 0.3 is 0 Å². The summed E-state index contributed by atoms with van der Waals surface area (Å²) in [7, 11) is 0. The van der Waals surface area contributed by atoms with Crippen molar-refractivity contribution in [1.82, 2.24) is 0 Å². The van der Waals surface area contributed by atoms with E-state index in [1.54, 1.807) is 12.1 Å². The highest BCUT2D eigenvalue weighted by Gasteiger charge is 2.11. The zero-order valence-corrected chi connectivity index (χ0v) is 7.19. The standard InChI is InChI=1S/C10H10O3/c1-7(6-11)10(13)8-4-2-3-5-9(8)12/h2-6,11-12H,1H3/b7-6-. The summed E-state index contributed by atoms with van der Waals surface area (Å²) in [4.78, 5) is 11.4. The number of hydrogen-bond acceptors (Lipinski definition) is 3. The van der Waals surface area contributed by atoms with Crippen molar-refractivity contribution in [3.63, 3.8) is 0 Å². The lowest BCUT2D eigenvalue weighted by molar-refractivity contribution is 0.102. The highest BCUT2D eigenvalue weighted by Crippen LogP contribution is 2.18. The maximum Gasteiger partial charge on any atom is 0.195 e. The molecule has 0 aromatic heterocycles. The molecule has 3 heteroatoms. The number of phenolic OH excluding ortho intramolecular Hbond substituents is 1. The topological polar surface area (TPSA) is 57.5 Å². The van der Waals surface area contributed by atoms with Crippen molar-refractivity contribution in [3.05, 3.63) is 41.7 Å². The van der Waals surface area contributed by atoms with Gasteiger partial charge in [-0.05, 0) is 19.1 Å². The van der Waals surface area contributed by atoms with Gasteiger partial charge in [0.15, 0.2) is 5.78 Å². The Morgan fingerprint density at radius 3 is 2.54 bits per heavy atom. The maximum absolute atomic E-state index is 11.4. The number of phenols is 1. The molecular formula is C10H10O3. The molecule has 0 radical (unpaired) electrons. The van der Waals surface area contributed by atoms with Crippen molar-refractivity contribution in [2.45, 2.75) is 6.92 Å². The Morgan fingerprint density at radius 1 is 1.38 bits per heavy atom. The van der Waals surface area contributed by atoms with Gasteiger partial charge in [0.1, 0.15) is 5.75 Å². The quantitative estimate of drug-likeness (QED) is 0.414. The van der Waals surface area contributed by atoms with E-state index in [1.165, 1.54) is 19.1 Å². The number of aromatic hydroxyl groups is 1. The number of aliphatic hydroxyl groups is 1. The van der Waals surface area contributed by atoms with Crippen LogP contribution in [-0.4, -0.2) is 16.0 Å². The first kappa shape index (κ1) is 9.32. The number of rotatable bonds is 2. The number of Topliss-reactive ketones (excluding diaryl/α,β-unsaturated/α-hetero) is 1. The summed E-state index contributed by atoms with van der Waals surface area (Å²) in [6.45, 7) is 1.48. The molecule has 0 saturated heterocycles. The van der Waals surface area contributed by atoms with E-state index in [0.29, 0.717) is 0 Å². The summed E-state index contributed by atoms with van der Waals surface area (Å²) in [6.07, 6.45) is 0.731. The van der Waals surface area contributed by atoms with E-state index in [1.807, 2.05) is 0 Å². The van der Waals surface area contributed by atoms with E-state index < -0.39 is 0 Å². The summed E-state index contributed by atoms with van der Waals surface area (Å²) in [5.41, 5.74) is 0.395. The second-order valence-corrected chi connectivity index (χ2v) is 2.66. The van der Waals surface area contributed by atoms with Crippen LogP contribution in [0.4, 0.5) is 0 Å². The summed E-state index contributed by atoms with van der Waals surface area (Å²) < 4.78 is 0. The number of ketones is 1. The van der Waals surface area contributed by atoms with Gasteiger partial charge in [0.2, 0.25) is 0 Å². The molecule has 0 spiro atoms. The normalized spacial score (nSPS) is 11.3. The summed E-state index contributed by atoms with van der Waals surface area (Å²) in [5, 5.41) is 17.9. The monoisotopic (exact) mass is 178 g/mol. The van der Waals surface area contributed by atoms with Crippen LogP contribution in [0.25, 0.3) is 0 Å². The molecule has 0 unspecified atom stereocenters. The molecule has 68 valence electrons. The molecule has 13 heavy (non-hydrogen) atoms. The van der Waals surface area contributed by atoms with Crippen LogP contribution in [0.15, 0.2) is 36.1 Å². The minimum absolute atomic E-state index is 0.0753. The second-order valence-electron chi connectivity index (χ2n) is 2.66. The van der Waals surface area contributed by atoms with Crippen molar-refractivity contribution in [1.29, 1.82) is 0 Å². The number of benzene rings is 1. The fourth-order valence-electron chi connectivity index (χ4n) is 0.937. The third-order valence-electron chi connectivity index (χ3n) is 1.70. The van der Waals surface area contributed by atoms with Crippen molar-refractivity contribution in [3.8, 4) is 5.75 Å². The third kappa shape index (κ3) is 1.87. The van der Waals surface area contributed by atoms with Crippen LogP contribution in [0, 0.1) is 0 Å². The van der Waals surface area contributed by atoms with Crippen LogP contribution in [0.5, 0.6) is 5.75 Å². The van der Waals surface area contributed by atoms with Crippen LogP contribution in [-0.2, 0) is 0 Å². The van der Waals surface area contributed by atoms with Crippen LogP contribution in [0.1, 0.15) is 17.3 Å². The van der Waals surface area contributed by atoms with E-state index in [-0.39, 0.29) is 22.7 Å². The Kier molecular flexibility index (Phi) is 2.69. The van der Waals surface area contributed by atoms with E-state index >= 15 is 0 Å². The molecule has 0 aliphatic rings. The lowest BCUT2D eigenvalue weighted by Gasteiger charge is -2.01. The molecule has 0 aliphatic carbocycles. The van der Waals surface area contributed by atoms with E-state index in [9.17, 15) is 9.90 Å². The van der Waals surface area contributed by atoms with Gasteiger partial charge in [-0.2, -0.15) is 0 Å². The van der Waals surface area contributed by atoms with Gasteiger partial charge in [0.05, 0.1) is 11.8 Å². The Labute approximate surface area is 76.0 Å². The average Bonchev–Trinajstić information content (AvgIpc) is 2.16. The van der Waals surface area contributed by atoms with Gasteiger partial charge < -0.3 is 10.2 Å². The van der Waals surface area contributed by atoms with E-state index in [4.69, 9.17) is 5.11 Å². The number of hydrogen-bond donors (Lipinski definition) is 2. The summed E-state index contributed by atoms with van der Waals surface area (Å²) in [5.74, 6) is -0.450. The summed E-state index contributed by atoms with van der Waals surface area (Å²) in [6, 6.07) is 6.21. The number of aliphatic hydroxyl groups excluding tert-OH is 1. The van der Waals surface area contributed by atoms with Crippen molar-refractivity contribution in [2.75, 3.05) is 0 Å². The molecule has 0 fully saturated rings.